The number of aromatic nitrogens is 3. The highest BCUT2D eigenvalue weighted by Gasteiger charge is 2.18. The number of rotatable bonds is 3. The van der Waals surface area contributed by atoms with Crippen LogP contribution in [0, 0.1) is 19.7 Å². The molecule has 2 aromatic carbocycles. The van der Waals surface area contributed by atoms with Crippen molar-refractivity contribution in [1.82, 2.24) is 14.8 Å². The van der Waals surface area contributed by atoms with E-state index in [0.29, 0.717) is 22.3 Å². The van der Waals surface area contributed by atoms with Gasteiger partial charge in [-0.05, 0) is 61.9 Å². The van der Waals surface area contributed by atoms with Gasteiger partial charge in [0.1, 0.15) is 17.4 Å². The Morgan fingerprint density at radius 1 is 1.17 bits per heavy atom. The summed E-state index contributed by atoms with van der Waals surface area (Å²) in [6.45, 7) is 3.48. The van der Waals surface area contributed by atoms with Crippen molar-refractivity contribution in [2.24, 2.45) is 0 Å². The predicted octanol–water partition coefficient (Wildman–Crippen LogP) is 3.90. The molecule has 0 saturated heterocycles. The molecule has 0 radical (unpaired) electrons. The summed E-state index contributed by atoms with van der Waals surface area (Å²) >= 11 is 5.88. The SMILES string of the molecule is Cc1cc(Cl)ccc1OC(=O)c1nc(C)n(-c2ccc(F)cc2)n1. The summed E-state index contributed by atoms with van der Waals surface area (Å²) in [5.41, 5.74) is 1.33. The first-order valence-corrected chi connectivity index (χ1v) is 7.50. The molecular formula is C17H13ClFN3O2. The molecule has 1 aromatic heterocycles. The standard InChI is InChI=1S/C17H13ClFN3O2/c1-10-9-12(18)3-8-15(10)24-17(23)16-20-11(2)22(21-16)14-6-4-13(19)5-7-14/h3-9H,1-2H3. The average molecular weight is 346 g/mol. The summed E-state index contributed by atoms with van der Waals surface area (Å²) in [5, 5.41) is 4.69. The number of hydrogen-bond donors (Lipinski definition) is 0. The summed E-state index contributed by atoms with van der Waals surface area (Å²) in [6.07, 6.45) is 0. The third kappa shape index (κ3) is 3.28. The van der Waals surface area contributed by atoms with Crippen molar-refractivity contribution >= 4 is 17.6 Å². The average Bonchev–Trinajstić information content (AvgIpc) is 2.93. The van der Waals surface area contributed by atoms with Crippen LogP contribution in [-0.2, 0) is 0 Å². The molecule has 0 fully saturated rings. The first kappa shape index (κ1) is 16.1. The number of carbonyl (C=O) groups excluding carboxylic acids is 1. The Kier molecular flexibility index (Phi) is 4.31. The molecule has 3 rings (SSSR count). The van der Waals surface area contributed by atoms with Crippen LogP contribution in [0.25, 0.3) is 5.69 Å². The van der Waals surface area contributed by atoms with Crippen molar-refractivity contribution in [3.05, 3.63) is 70.5 Å². The van der Waals surface area contributed by atoms with Crippen molar-refractivity contribution in [1.29, 1.82) is 0 Å². The van der Waals surface area contributed by atoms with Crippen LogP contribution in [0.15, 0.2) is 42.5 Å². The molecule has 0 spiro atoms. The molecule has 7 heteroatoms. The minimum Gasteiger partial charge on any atom is -0.420 e. The van der Waals surface area contributed by atoms with E-state index in [1.165, 1.54) is 16.8 Å². The van der Waals surface area contributed by atoms with Gasteiger partial charge in [-0.3, -0.25) is 0 Å². The molecule has 0 aliphatic rings. The van der Waals surface area contributed by atoms with Crippen LogP contribution in [0.1, 0.15) is 22.0 Å². The number of aryl methyl sites for hydroxylation is 2. The van der Waals surface area contributed by atoms with Crippen LogP contribution in [-0.4, -0.2) is 20.7 Å². The molecule has 0 aliphatic carbocycles. The Bertz CT molecular complexity index is 907. The highest BCUT2D eigenvalue weighted by molar-refractivity contribution is 6.30. The second kappa shape index (κ2) is 6.41. The first-order valence-electron chi connectivity index (χ1n) is 7.12. The molecule has 3 aromatic rings. The van der Waals surface area contributed by atoms with Gasteiger partial charge in [0.25, 0.3) is 5.82 Å². The number of nitrogens with zero attached hydrogens (tertiary/aromatic N) is 3. The van der Waals surface area contributed by atoms with Crippen LogP contribution in [0.2, 0.25) is 5.02 Å². The zero-order valence-electron chi connectivity index (χ0n) is 13.0. The van der Waals surface area contributed by atoms with Crippen molar-refractivity contribution < 1.29 is 13.9 Å². The molecule has 5 nitrogen and oxygen atoms in total. The second-order valence-corrected chi connectivity index (χ2v) is 5.61. The van der Waals surface area contributed by atoms with Gasteiger partial charge < -0.3 is 4.74 Å². The summed E-state index contributed by atoms with van der Waals surface area (Å²) in [7, 11) is 0. The first-order chi connectivity index (χ1) is 11.4. The van der Waals surface area contributed by atoms with Gasteiger partial charge in [-0.1, -0.05) is 11.6 Å². The molecule has 0 saturated carbocycles. The Morgan fingerprint density at radius 3 is 2.54 bits per heavy atom. The molecule has 0 bridgehead atoms. The van der Waals surface area contributed by atoms with Crippen LogP contribution in [0.4, 0.5) is 4.39 Å². The number of benzene rings is 2. The summed E-state index contributed by atoms with van der Waals surface area (Å²) in [5.74, 6) is -0.230. The fraction of sp³-hybridized carbons (Fsp3) is 0.118. The monoisotopic (exact) mass is 345 g/mol. The van der Waals surface area contributed by atoms with Gasteiger partial charge in [-0.15, -0.1) is 5.10 Å². The minimum absolute atomic E-state index is 0.0776. The summed E-state index contributed by atoms with van der Waals surface area (Å²) in [4.78, 5) is 16.4. The minimum atomic E-state index is -0.676. The third-order valence-electron chi connectivity index (χ3n) is 3.36. The van der Waals surface area contributed by atoms with Gasteiger partial charge in [0.15, 0.2) is 0 Å². The lowest BCUT2D eigenvalue weighted by Crippen LogP contribution is -2.12. The van der Waals surface area contributed by atoms with Gasteiger partial charge in [0.05, 0.1) is 5.69 Å². The van der Waals surface area contributed by atoms with Crippen molar-refractivity contribution in [2.45, 2.75) is 13.8 Å². The quantitative estimate of drug-likeness (QED) is 0.533. The Labute approximate surface area is 142 Å². The Balaban J connectivity index is 1.86. The van der Waals surface area contributed by atoms with Gasteiger partial charge in [-0.2, -0.15) is 0 Å². The van der Waals surface area contributed by atoms with Gasteiger partial charge in [0, 0.05) is 5.02 Å². The molecule has 1 heterocycles. The van der Waals surface area contributed by atoms with Crippen molar-refractivity contribution in [3.63, 3.8) is 0 Å². The van der Waals surface area contributed by atoms with Crippen LogP contribution in [0.5, 0.6) is 5.75 Å². The number of esters is 1. The maximum absolute atomic E-state index is 13.0. The Hall–Kier alpha value is -2.73. The van der Waals surface area contributed by atoms with Gasteiger partial charge in [0.2, 0.25) is 0 Å². The van der Waals surface area contributed by atoms with Crippen molar-refractivity contribution in [2.75, 3.05) is 0 Å². The van der Waals surface area contributed by atoms with Gasteiger partial charge >= 0.3 is 5.97 Å². The fourth-order valence-corrected chi connectivity index (χ4v) is 2.40. The van der Waals surface area contributed by atoms with E-state index in [1.54, 1.807) is 44.2 Å². The van der Waals surface area contributed by atoms with E-state index in [2.05, 4.69) is 10.1 Å². The molecule has 0 aliphatic heterocycles. The van der Waals surface area contributed by atoms with E-state index >= 15 is 0 Å². The fourth-order valence-electron chi connectivity index (χ4n) is 2.18. The van der Waals surface area contributed by atoms with E-state index in [0.717, 1.165) is 5.56 Å². The predicted molar refractivity (Wildman–Crippen MR) is 87.2 cm³/mol. The lowest BCUT2D eigenvalue weighted by Gasteiger charge is -2.05. The summed E-state index contributed by atoms with van der Waals surface area (Å²) in [6, 6.07) is 10.7. The molecule has 0 unspecified atom stereocenters. The number of carbonyl (C=O) groups is 1. The lowest BCUT2D eigenvalue weighted by atomic mass is 10.2. The maximum atomic E-state index is 13.0. The molecule has 122 valence electrons. The van der Waals surface area contributed by atoms with Gasteiger partial charge in [-0.25, -0.2) is 18.9 Å². The summed E-state index contributed by atoms with van der Waals surface area (Å²) < 4.78 is 19.8. The molecule has 24 heavy (non-hydrogen) atoms. The molecule has 0 atom stereocenters. The smallest absolute Gasteiger partial charge is 0.383 e. The zero-order valence-corrected chi connectivity index (χ0v) is 13.7. The van der Waals surface area contributed by atoms with Crippen LogP contribution < -0.4 is 4.74 Å². The van der Waals surface area contributed by atoms with Crippen LogP contribution >= 0.6 is 11.6 Å². The van der Waals surface area contributed by atoms with Crippen LogP contribution in [0.3, 0.4) is 0 Å². The highest BCUT2D eigenvalue weighted by Crippen LogP contribution is 2.22. The van der Waals surface area contributed by atoms with E-state index in [-0.39, 0.29) is 11.6 Å². The Morgan fingerprint density at radius 2 is 1.88 bits per heavy atom. The lowest BCUT2D eigenvalue weighted by molar-refractivity contribution is 0.0720. The number of ether oxygens (including phenoxy) is 1. The molecular weight excluding hydrogens is 333 g/mol. The second-order valence-electron chi connectivity index (χ2n) is 5.17. The number of halogens is 2. The van der Waals surface area contributed by atoms with E-state index in [9.17, 15) is 9.18 Å². The van der Waals surface area contributed by atoms with E-state index in [1.807, 2.05) is 0 Å². The van der Waals surface area contributed by atoms with E-state index < -0.39 is 5.97 Å². The van der Waals surface area contributed by atoms with E-state index in [4.69, 9.17) is 16.3 Å². The molecule has 0 N–H and O–H groups in total. The van der Waals surface area contributed by atoms with Crippen molar-refractivity contribution in [3.8, 4) is 11.4 Å². The number of hydrogen-bond acceptors (Lipinski definition) is 4. The zero-order chi connectivity index (χ0) is 17.3. The third-order valence-corrected chi connectivity index (χ3v) is 3.60. The topological polar surface area (TPSA) is 57.0 Å². The molecule has 0 amide bonds. The maximum Gasteiger partial charge on any atom is 0.383 e. The largest absolute Gasteiger partial charge is 0.420 e. The highest BCUT2D eigenvalue weighted by atomic mass is 35.5. The normalized spacial score (nSPS) is 10.7.